The maximum absolute atomic E-state index is 13.0. The summed E-state index contributed by atoms with van der Waals surface area (Å²) in [6.45, 7) is -0.940. The number of phenolic OH excluding ortho intramolecular Hbond substituents is 4. The monoisotopic (exact) mass is 756 g/mol. The number of aliphatic hydroxyl groups excluding tert-OH is 6. The molecule has 3 fully saturated rings. The van der Waals surface area contributed by atoms with Crippen molar-refractivity contribution in [1.82, 2.24) is 0 Å². The average molecular weight is 757 g/mol. The van der Waals surface area contributed by atoms with Gasteiger partial charge in [-0.2, -0.15) is 0 Å². The quantitative estimate of drug-likeness (QED) is 0.0569. The van der Waals surface area contributed by atoms with Crippen LogP contribution in [0.2, 0.25) is 0 Å². The van der Waals surface area contributed by atoms with Gasteiger partial charge >= 0.3 is 5.97 Å². The Morgan fingerprint density at radius 3 is 2.13 bits per heavy atom. The van der Waals surface area contributed by atoms with Gasteiger partial charge in [0.1, 0.15) is 48.3 Å². The molecule has 0 unspecified atom stereocenters. The molecule has 3 aliphatic rings. The molecule has 3 saturated heterocycles. The molecule has 0 bridgehead atoms. The highest BCUT2D eigenvalue weighted by atomic mass is 16.8. The summed E-state index contributed by atoms with van der Waals surface area (Å²) in [5.41, 5.74) is -1.24. The van der Waals surface area contributed by atoms with Crippen LogP contribution in [-0.2, 0) is 44.4 Å². The van der Waals surface area contributed by atoms with Gasteiger partial charge in [-0.3, -0.25) is 0 Å². The van der Waals surface area contributed by atoms with E-state index in [9.17, 15) is 61.0 Å². The van der Waals surface area contributed by atoms with Crippen LogP contribution in [0.4, 0.5) is 0 Å². The molecule has 53 heavy (non-hydrogen) atoms. The van der Waals surface area contributed by atoms with Crippen molar-refractivity contribution in [2.45, 2.75) is 92.8 Å². The second kappa shape index (κ2) is 17.2. The fourth-order valence-electron chi connectivity index (χ4n) is 5.96. The van der Waals surface area contributed by atoms with Crippen molar-refractivity contribution >= 4 is 12.0 Å². The molecular formula is C34H44O19. The first-order chi connectivity index (χ1) is 25.1. The Morgan fingerprint density at radius 2 is 1.49 bits per heavy atom. The number of hydrogen-bond acceptors (Lipinski definition) is 19. The van der Waals surface area contributed by atoms with Crippen LogP contribution < -0.4 is 0 Å². The zero-order valence-electron chi connectivity index (χ0n) is 28.3. The Balaban J connectivity index is 1.36. The number of ether oxygens (including phenoxy) is 7. The number of esters is 1. The van der Waals surface area contributed by atoms with E-state index in [0.717, 1.165) is 6.08 Å². The summed E-state index contributed by atoms with van der Waals surface area (Å²) >= 11 is 0. The van der Waals surface area contributed by atoms with Crippen LogP contribution in [-0.4, -0.2) is 168 Å². The van der Waals surface area contributed by atoms with Gasteiger partial charge in [0.05, 0.1) is 32.5 Å². The van der Waals surface area contributed by atoms with E-state index in [1.165, 1.54) is 49.4 Å². The average Bonchev–Trinajstić information content (AvgIpc) is 3.42. The summed E-state index contributed by atoms with van der Waals surface area (Å²) in [6, 6.07) is 7.86. The van der Waals surface area contributed by atoms with E-state index in [4.69, 9.17) is 33.2 Å². The summed E-state index contributed by atoms with van der Waals surface area (Å²) in [7, 11) is 0. The molecule has 5 rings (SSSR count). The van der Waals surface area contributed by atoms with Crippen molar-refractivity contribution in [2.24, 2.45) is 0 Å². The lowest BCUT2D eigenvalue weighted by Gasteiger charge is -2.47. The van der Waals surface area contributed by atoms with Crippen LogP contribution in [0.5, 0.6) is 23.0 Å². The molecule has 0 aliphatic carbocycles. The standard InChI is InChI=1S/C34H44O19/c1-15-24(42)28(52-33-30(45)34(46,13-36)14-48-33)25(43)32(49-15)53-29-26(44)31(47-9-8-17-3-6-19(38)21(40)11-17)50-22(12-35)27(29)51-23(41)7-4-16-2-5-18(37)20(39)10-16/h2-7,10-11,15,22,24-33,35-40,42-46H,8-9,12-14H2,1H3/b7-4+/t15-,22+,24-,25+,26+,27+,28+,29+,30-,31+,32-,33-,34+/m1/s1. The van der Waals surface area contributed by atoms with E-state index in [1.54, 1.807) is 0 Å². The molecule has 11 N–H and O–H groups in total. The van der Waals surface area contributed by atoms with Gasteiger partial charge in [-0.25, -0.2) is 4.79 Å². The van der Waals surface area contributed by atoms with Crippen LogP contribution >= 0.6 is 0 Å². The molecule has 19 nitrogen and oxygen atoms in total. The van der Waals surface area contributed by atoms with Crippen LogP contribution in [0.15, 0.2) is 42.5 Å². The predicted octanol–water partition coefficient (Wildman–Crippen LogP) is -2.55. The zero-order valence-corrected chi connectivity index (χ0v) is 28.3. The Bertz CT molecular complexity index is 1570. The molecule has 3 aliphatic heterocycles. The number of carbonyl (C=O) groups excluding carboxylic acids is 1. The minimum absolute atomic E-state index is 0.130. The van der Waals surface area contributed by atoms with Crippen molar-refractivity contribution in [3.05, 3.63) is 53.6 Å². The largest absolute Gasteiger partial charge is 0.504 e. The molecule has 2 aromatic carbocycles. The predicted molar refractivity (Wildman–Crippen MR) is 174 cm³/mol. The molecule has 0 spiro atoms. The highest BCUT2D eigenvalue weighted by Gasteiger charge is 2.55. The number of rotatable bonds is 13. The fraction of sp³-hybridized carbons (Fsp3) is 0.559. The highest BCUT2D eigenvalue weighted by molar-refractivity contribution is 5.87. The van der Waals surface area contributed by atoms with Crippen molar-refractivity contribution in [2.75, 3.05) is 26.4 Å². The Kier molecular flexibility index (Phi) is 13.2. The Labute approximate surface area is 302 Å². The second-order valence-corrected chi connectivity index (χ2v) is 12.9. The highest BCUT2D eigenvalue weighted by Crippen LogP contribution is 2.35. The summed E-state index contributed by atoms with van der Waals surface area (Å²) in [4.78, 5) is 13.0. The van der Waals surface area contributed by atoms with Crippen LogP contribution in [0.3, 0.4) is 0 Å². The summed E-state index contributed by atoms with van der Waals surface area (Å²) in [5, 5.41) is 113. The van der Waals surface area contributed by atoms with Gasteiger partial charge < -0.3 is 89.3 Å². The first kappa shape index (κ1) is 40.5. The SMILES string of the molecule is C[C@H]1O[C@H](O[C@H]2[C@H](O)[C@@H](OCCc3ccc(O)c(O)c3)O[C@@H](CO)[C@@H]2OC(=O)/C=C/c2ccc(O)c(O)c2)[C@@H](O)[C@@H](O[C@H]2OC[C@@](O)(CO)[C@@H]2O)[C@@H]1O. The van der Waals surface area contributed by atoms with E-state index in [1.807, 2.05) is 0 Å². The Morgan fingerprint density at radius 1 is 0.830 bits per heavy atom. The van der Waals surface area contributed by atoms with E-state index in [2.05, 4.69) is 0 Å². The number of carbonyl (C=O) groups is 1. The molecule has 13 atom stereocenters. The van der Waals surface area contributed by atoms with E-state index in [0.29, 0.717) is 11.1 Å². The van der Waals surface area contributed by atoms with Gasteiger partial charge in [-0.05, 0) is 54.8 Å². The summed E-state index contributed by atoms with van der Waals surface area (Å²) < 4.78 is 39.7. The molecule has 294 valence electrons. The fourth-order valence-corrected chi connectivity index (χ4v) is 5.96. The van der Waals surface area contributed by atoms with Crippen LogP contribution in [0.25, 0.3) is 6.08 Å². The minimum atomic E-state index is -2.08. The van der Waals surface area contributed by atoms with E-state index >= 15 is 0 Å². The van der Waals surface area contributed by atoms with Gasteiger partial charge in [-0.15, -0.1) is 0 Å². The normalized spacial score (nSPS) is 36.2. The van der Waals surface area contributed by atoms with Gasteiger partial charge in [0, 0.05) is 6.08 Å². The van der Waals surface area contributed by atoms with Gasteiger partial charge in [-0.1, -0.05) is 12.1 Å². The zero-order chi connectivity index (χ0) is 38.6. The first-order valence-electron chi connectivity index (χ1n) is 16.6. The molecule has 19 heteroatoms. The second-order valence-electron chi connectivity index (χ2n) is 12.9. The lowest BCUT2D eigenvalue weighted by atomic mass is 9.96. The molecule has 3 heterocycles. The maximum atomic E-state index is 13.0. The van der Waals surface area contributed by atoms with Crippen LogP contribution in [0.1, 0.15) is 18.1 Å². The number of aliphatic hydroxyl groups is 7. The molecule has 0 saturated carbocycles. The maximum Gasteiger partial charge on any atom is 0.331 e. The number of hydrogen-bond donors (Lipinski definition) is 11. The third-order valence-electron chi connectivity index (χ3n) is 9.11. The topological polar surface area (TPSA) is 304 Å². The van der Waals surface area contributed by atoms with Gasteiger partial charge in [0.15, 0.2) is 48.0 Å². The number of phenols is 4. The van der Waals surface area contributed by atoms with Crippen molar-refractivity contribution in [1.29, 1.82) is 0 Å². The smallest absolute Gasteiger partial charge is 0.331 e. The molecule has 0 aromatic heterocycles. The summed E-state index contributed by atoms with van der Waals surface area (Å²) in [5.74, 6) is -2.56. The van der Waals surface area contributed by atoms with Gasteiger partial charge in [0.2, 0.25) is 0 Å². The molecule has 0 radical (unpaired) electrons. The minimum Gasteiger partial charge on any atom is -0.504 e. The lowest BCUT2D eigenvalue weighted by Crippen LogP contribution is -2.65. The van der Waals surface area contributed by atoms with Gasteiger partial charge in [0.25, 0.3) is 0 Å². The number of aromatic hydroxyl groups is 4. The third kappa shape index (κ3) is 9.18. The van der Waals surface area contributed by atoms with Crippen molar-refractivity contribution < 1.29 is 94.1 Å². The summed E-state index contributed by atoms with van der Waals surface area (Å²) in [6.07, 6.45) is -17.0. The van der Waals surface area contributed by atoms with Crippen molar-refractivity contribution in [3.63, 3.8) is 0 Å². The number of benzene rings is 2. The van der Waals surface area contributed by atoms with E-state index in [-0.39, 0.29) is 30.3 Å². The Hall–Kier alpha value is -3.67. The molecule has 2 aromatic rings. The lowest BCUT2D eigenvalue weighted by molar-refractivity contribution is -0.366. The van der Waals surface area contributed by atoms with E-state index < -0.39 is 111 Å². The van der Waals surface area contributed by atoms with Crippen LogP contribution in [0, 0.1) is 0 Å². The van der Waals surface area contributed by atoms with Crippen molar-refractivity contribution in [3.8, 4) is 23.0 Å². The third-order valence-corrected chi connectivity index (χ3v) is 9.11. The first-order valence-corrected chi connectivity index (χ1v) is 16.6. The molecule has 0 amide bonds. The molecular weight excluding hydrogens is 712 g/mol.